The van der Waals surface area contributed by atoms with Crippen molar-refractivity contribution in [1.29, 1.82) is 0 Å². The van der Waals surface area contributed by atoms with E-state index in [4.69, 9.17) is 9.68 Å². The van der Waals surface area contributed by atoms with E-state index in [1.807, 2.05) is 62.4 Å². The molecule has 0 radical (unpaired) electrons. The van der Waals surface area contributed by atoms with Gasteiger partial charge in [-0.05, 0) is 74.7 Å². The van der Waals surface area contributed by atoms with Crippen molar-refractivity contribution in [3.63, 3.8) is 0 Å². The van der Waals surface area contributed by atoms with Gasteiger partial charge in [-0.15, -0.1) is 0 Å². The van der Waals surface area contributed by atoms with Gasteiger partial charge < -0.3 is 14.2 Å². The summed E-state index contributed by atoms with van der Waals surface area (Å²) in [6.07, 6.45) is 2.38. The third-order valence-corrected chi connectivity index (χ3v) is 7.27. The summed E-state index contributed by atoms with van der Waals surface area (Å²) >= 11 is 0. The Hall–Kier alpha value is -5.18. The number of aromatic nitrogens is 2. The monoisotopic (exact) mass is 590 g/mol. The second kappa shape index (κ2) is 13.0. The van der Waals surface area contributed by atoms with E-state index in [-0.39, 0.29) is 18.1 Å². The van der Waals surface area contributed by atoms with E-state index in [0.717, 1.165) is 44.8 Å². The minimum Gasteiger partial charge on any atom is -0.389 e. The highest BCUT2D eigenvalue weighted by Crippen LogP contribution is 2.32. The molecular formula is C35H34N4O5. The van der Waals surface area contributed by atoms with Gasteiger partial charge in [0.25, 0.3) is 0 Å². The number of aryl methyl sites for hydroxylation is 1. The Morgan fingerprint density at radius 1 is 0.864 bits per heavy atom. The predicted octanol–water partition coefficient (Wildman–Crippen LogP) is 7.13. The standard InChI is InChI=1S/C35H34N4O5/c1-6-39-32-13-11-24(34(41)27-15-16-36-30-10-8-7-9-26(27)30)18-28(32)29-19-25(12-14-33(29)39)35(42)31(38-44-23(5)40)20-43-37-22(4)17-21(2)3/h7-16,18-19,21H,6,17,20H2,1-5H3/b37-22-,38-31+. The van der Waals surface area contributed by atoms with Crippen LogP contribution in [0, 0.1) is 5.92 Å². The Labute approximate surface area is 255 Å². The molecule has 5 aromatic rings. The van der Waals surface area contributed by atoms with E-state index in [9.17, 15) is 14.4 Å². The summed E-state index contributed by atoms with van der Waals surface area (Å²) in [5.74, 6) is -0.834. The number of benzene rings is 3. The summed E-state index contributed by atoms with van der Waals surface area (Å²) in [6.45, 7) is 9.66. The topological polar surface area (TPSA) is 112 Å². The number of carbonyl (C=O) groups excluding carboxylic acids is 3. The van der Waals surface area contributed by atoms with Gasteiger partial charge in [0, 0.05) is 63.5 Å². The fourth-order valence-corrected chi connectivity index (χ4v) is 5.43. The van der Waals surface area contributed by atoms with Crippen molar-refractivity contribution in [2.24, 2.45) is 16.2 Å². The summed E-state index contributed by atoms with van der Waals surface area (Å²) in [7, 11) is 0. The summed E-state index contributed by atoms with van der Waals surface area (Å²) in [4.78, 5) is 53.5. The van der Waals surface area contributed by atoms with E-state index in [1.54, 1.807) is 24.4 Å². The number of rotatable bonds is 11. The highest BCUT2D eigenvalue weighted by Gasteiger charge is 2.21. The molecule has 44 heavy (non-hydrogen) atoms. The summed E-state index contributed by atoms with van der Waals surface area (Å²) in [5, 5.41) is 10.3. The van der Waals surface area contributed by atoms with Gasteiger partial charge in [-0.1, -0.05) is 42.4 Å². The average Bonchev–Trinajstić information content (AvgIpc) is 3.33. The zero-order valence-corrected chi connectivity index (χ0v) is 25.5. The number of pyridine rings is 1. The van der Waals surface area contributed by atoms with Gasteiger partial charge in [0.1, 0.15) is 0 Å². The first kappa shape index (κ1) is 30.3. The number of oxime groups is 2. The number of para-hydroxylation sites is 1. The second-order valence-electron chi connectivity index (χ2n) is 11.1. The number of fused-ring (bicyclic) bond motifs is 4. The van der Waals surface area contributed by atoms with Crippen LogP contribution in [-0.2, 0) is 21.0 Å². The van der Waals surface area contributed by atoms with Crippen molar-refractivity contribution in [1.82, 2.24) is 9.55 Å². The molecule has 3 aromatic carbocycles. The predicted molar refractivity (Wildman–Crippen MR) is 172 cm³/mol. The number of ketones is 2. The van der Waals surface area contributed by atoms with Crippen LogP contribution in [0.3, 0.4) is 0 Å². The minimum absolute atomic E-state index is 0.0969. The molecule has 9 nitrogen and oxygen atoms in total. The maximum atomic E-state index is 13.7. The van der Waals surface area contributed by atoms with Gasteiger partial charge in [0.05, 0.1) is 11.2 Å². The number of carbonyl (C=O) groups is 3. The molecule has 0 unspecified atom stereocenters. The van der Waals surface area contributed by atoms with Crippen LogP contribution >= 0.6 is 0 Å². The van der Waals surface area contributed by atoms with Gasteiger partial charge in [-0.2, -0.15) is 0 Å². The Bertz CT molecular complexity index is 1960. The maximum Gasteiger partial charge on any atom is 0.331 e. The number of hydrogen-bond donors (Lipinski definition) is 0. The largest absolute Gasteiger partial charge is 0.389 e. The van der Waals surface area contributed by atoms with Gasteiger partial charge >= 0.3 is 5.97 Å². The SMILES string of the molecule is CCn1c2ccc(C(=O)/C(CO/N=C(/C)CC(C)C)=N/OC(C)=O)cc2c2cc(C(=O)c3ccnc4ccccc34)ccc21. The fourth-order valence-electron chi connectivity index (χ4n) is 5.43. The van der Waals surface area contributed by atoms with Gasteiger partial charge in [0.15, 0.2) is 18.1 Å². The third-order valence-electron chi connectivity index (χ3n) is 7.27. The lowest BCUT2D eigenvalue weighted by atomic mass is 9.98. The molecule has 0 amide bonds. The lowest BCUT2D eigenvalue weighted by Crippen LogP contribution is -2.21. The molecule has 0 fully saturated rings. The highest BCUT2D eigenvalue weighted by molar-refractivity contribution is 6.46. The fraction of sp³-hybridized carbons (Fsp3) is 0.257. The van der Waals surface area contributed by atoms with Crippen LogP contribution in [0.15, 0.2) is 83.2 Å². The van der Waals surface area contributed by atoms with Crippen LogP contribution in [0.1, 0.15) is 67.3 Å². The number of hydrogen-bond acceptors (Lipinski definition) is 8. The molecule has 0 saturated heterocycles. The lowest BCUT2D eigenvalue weighted by Gasteiger charge is -2.07. The molecule has 0 atom stereocenters. The molecule has 0 aliphatic rings. The third kappa shape index (κ3) is 6.27. The van der Waals surface area contributed by atoms with Crippen molar-refractivity contribution >= 4 is 61.7 Å². The van der Waals surface area contributed by atoms with Crippen LogP contribution < -0.4 is 0 Å². The Kier molecular flexibility index (Phi) is 8.94. The van der Waals surface area contributed by atoms with E-state index in [0.29, 0.717) is 29.2 Å². The normalized spacial score (nSPS) is 12.3. The highest BCUT2D eigenvalue weighted by atomic mass is 16.7. The summed E-state index contributed by atoms with van der Waals surface area (Å²) < 4.78 is 2.14. The Balaban J connectivity index is 1.54. The molecule has 9 heteroatoms. The first-order valence-corrected chi connectivity index (χ1v) is 14.6. The molecule has 0 aliphatic heterocycles. The number of Topliss-reactive ketones (excluding diaryl/α,β-unsaturated/α-hetero) is 1. The van der Waals surface area contributed by atoms with Crippen molar-refractivity contribution < 1.29 is 24.1 Å². The van der Waals surface area contributed by atoms with Crippen LogP contribution in [0.5, 0.6) is 0 Å². The van der Waals surface area contributed by atoms with Crippen LogP contribution in [-0.4, -0.2) is 45.1 Å². The van der Waals surface area contributed by atoms with E-state index in [2.05, 4.69) is 33.7 Å². The molecule has 0 bridgehead atoms. The van der Waals surface area contributed by atoms with E-state index < -0.39 is 11.8 Å². The molecule has 0 N–H and O–H groups in total. The average molecular weight is 591 g/mol. The van der Waals surface area contributed by atoms with Gasteiger partial charge in [-0.3, -0.25) is 14.6 Å². The van der Waals surface area contributed by atoms with Crippen LogP contribution in [0.4, 0.5) is 0 Å². The Morgan fingerprint density at radius 2 is 1.55 bits per heavy atom. The molecule has 2 aromatic heterocycles. The second-order valence-corrected chi connectivity index (χ2v) is 11.1. The Morgan fingerprint density at radius 3 is 2.23 bits per heavy atom. The lowest BCUT2D eigenvalue weighted by molar-refractivity contribution is -0.140. The zero-order valence-electron chi connectivity index (χ0n) is 25.5. The first-order chi connectivity index (χ1) is 21.2. The van der Waals surface area contributed by atoms with E-state index in [1.165, 1.54) is 6.92 Å². The molecule has 224 valence electrons. The van der Waals surface area contributed by atoms with Crippen LogP contribution in [0.2, 0.25) is 0 Å². The smallest absolute Gasteiger partial charge is 0.331 e. The summed E-state index contributed by atoms with van der Waals surface area (Å²) in [5.41, 5.74) is 4.72. The van der Waals surface area contributed by atoms with Crippen molar-refractivity contribution in [2.45, 2.75) is 47.6 Å². The van der Waals surface area contributed by atoms with Crippen molar-refractivity contribution in [2.75, 3.05) is 6.61 Å². The molecule has 2 heterocycles. The molecular weight excluding hydrogens is 556 g/mol. The van der Waals surface area contributed by atoms with Gasteiger partial charge in [-0.25, -0.2) is 4.79 Å². The molecule has 0 spiro atoms. The number of nitrogens with zero attached hydrogens (tertiary/aromatic N) is 4. The maximum absolute atomic E-state index is 13.7. The molecule has 0 saturated carbocycles. The van der Waals surface area contributed by atoms with Crippen LogP contribution in [0.25, 0.3) is 32.7 Å². The molecule has 5 rings (SSSR count). The minimum atomic E-state index is -0.657. The van der Waals surface area contributed by atoms with Crippen molar-refractivity contribution in [3.8, 4) is 0 Å². The summed E-state index contributed by atoms with van der Waals surface area (Å²) in [6, 6.07) is 20.3. The quantitative estimate of drug-likeness (QED) is 0.0700. The molecule has 0 aliphatic carbocycles. The zero-order chi connectivity index (χ0) is 31.4. The van der Waals surface area contributed by atoms with Crippen molar-refractivity contribution in [3.05, 3.63) is 89.6 Å². The first-order valence-electron chi connectivity index (χ1n) is 14.6. The van der Waals surface area contributed by atoms with Gasteiger partial charge in [0.2, 0.25) is 5.78 Å². The van der Waals surface area contributed by atoms with E-state index >= 15 is 0 Å².